The van der Waals surface area contributed by atoms with Gasteiger partial charge in [-0.3, -0.25) is 4.79 Å². The maximum absolute atomic E-state index is 14.5. The lowest BCUT2D eigenvalue weighted by atomic mass is 9.98. The summed E-state index contributed by atoms with van der Waals surface area (Å²) in [5, 5.41) is 32.1. The molecule has 4 unspecified atom stereocenters. The van der Waals surface area contributed by atoms with Gasteiger partial charge >= 0.3 is 0 Å². The molecular formula is C19H21FN6O2. The van der Waals surface area contributed by atoms with Crippen LogP contribution < -0.4 is 10.6 Å². The average molecular weight is 384 g/mol. The number of fused-ring (bicyclic) bond motifs is 2. The monoisotopic (exact) mass is 384 g/mol. The molecule has 0 spiro atoms. The second-order valence-corrected chi connectivity index (χ2v) is 7.40. The summed E-state index contributed by atoms with van der Waals surface area (Å²) in [6.45, 7) is -0.248. The highest BCUT2D eigenvalue weighted by Gasteiger charge is 2.43. The fourth-order valence-electron chi connectivity index (χ4n) is 4.10. The molecule has 28 heavy (non-hydrogen) atoms. The smallest absolute Gasteiger partial charge is 0.238 e. The zero-order valence-electron chi connectivity index (χ0n) is 15.2. The van der Waals surface area contributed by atoms with Gasteiger partial charge in [0.25, 0.3) is 0 Å². The normalized spacial score (nSPS) is 24.1. The van der Waals surface area contributed by atoms with Crippen LogP contribution in [0.1, 0.15) is 30.5 Å². The number of piperidine rings is 1. The van der Waals surface area contributed by atoms with Gasteiger partial charge in [0.05, 0.1) is 30.6 Å². The lowest BCUT2D eigenvalue weighted by molar-refractivity contribution is -0.124. The average Bonchev–Trinajstić information content (AvgIpc) is 3.45. The quantitative estimate of drug-likeness (QED) is 0.671. The number of halogens is 1. The summed E-state index contributed by atoms with van der Waals surface area (Å²) in [5.74, 6) is -0.354. The molecule has 9 heteroatoms. The van der Waals surface area contributed by atoms with Crippen molar-refractivity contribution in [2.75, 3.05) is 0 Å². The Morgan fingerprint density at radius 1 is 1.50 bits per heavy atom. The van der Waals surface area contributed by atoms with Gasteiger partial charge in [-0.05, 0) is 42.9 Å². The third-order valence-corrected chi connectivity index (χ3v) is 5.54. The summed E-state index contributed by atoms with van der Waals surface area (Å²) in [4.78, 5) is 12.5. The van der Waals surface area contributed by atoms with Crippen LogP contribution in [-0.2, 0) is 17.8 Å². The zero-order valence-corrected chi connectivity index (χ0v) is 15.2. The summed E-state index contributed by atoms with van der Waals surface area (Å²) in [7, 11) is 0. The first kappa shape index (κ1) is 18.5. The Kier molecular flexibility index (Phi) is 5.07. The van der Waals surface area contributed by atoms with Gasteiger partial charge in [-0.15, -0.1) is 5.10 Å². The van der Waals surface area contributed by atoms with Crippen molar-refractivity contribution < 1.29 is 14.3 Å². The van der Waals surface area contributed by atoms with Crippen LogP contribution in [0.4, 0.5) is 4.39 Å². The third kappa shape index (κ3) is 3.61. The molecule has 146 valence electrons. The number of rotatable bonds is 6. The predicted molar refractivity (Wildman–Crippen MR) is 96.5 cm³/mol. The number of hydrogen-bond acceptors (Lipinski definition) is 6. The van der Waals surface area contributed by atoms with Crippen molar-refractivity contribution in [2.24, 2.45) is 5.92 Å². The molecule has 1 aliphatic heterocycles. The van der Waals surface area contributed by atoms with Crippen molar-refractivity contribution in [3.05, 3.63) is 41.5 Å². The number of amides is 1. The molecule has 1 aromatic carbocycles. The first-order chi connectivity index (χ1) is 13.6. The number of carbonyl (C=O) groups is 1. The summed E-state index contributed by atoms with van der Waals surface area (Å²) < 4.78 is 15.9. The van der Waals surface area contributed by atoms with Crippen molar-refractivity contribution in [3.63, 3.8) is 0 Å². The first-order valence-electron chi connectivity index (χ1n) is 9.34. The molecule has 1 aromatic heterocycles. The van der Waals surface area contributed by atoms with E-state index in [2.05, 4.69) is 27.0 Å². The van der Waals surface area contributed by atoms with E-state index in [-0.39, 0.29) is 25.0 Å². The van der Waals surface area contributed by atoms with E-state index in [0.29, 0.717) is 28.9 Å². The highest BCUT2D eigenvalue weighted by Crippen LogP contribution is 2.35. The minimum atomic E-state index is -0.805. The SMILES string of the molecule is N#CC(Cc1ccc(-n2cc(CO)nn2)cc1F)NC(=O)C1NC2CCC1C2. The number of hydrogen-bond donors (Lipinski definition) is 3. The lowest BCUT2D eigenvalue weighted by Crippen LogP contribution is -2.50. The van der Waals surface area contributed by atoms with E-state index in [4.69, 9.17) is 5.11 Å². The summed E-state index contributed by atoms with van der Waals surface area (Å²) in [6, 6.07) is 5.90. The number of aromatic nitrogens is 3. The van der Waals surface area contributed by atoms with Crippen molar-refractivity contribution in [3.8, 4) is 11.8 Å². The topological polar surface area (TPSA) is 116 Å². The molecule has 1 aliphatic carbocycles. The number of benzene rings is 1. The first-order valence-corrected chi connectivity index (χ1v) is 9.34. The molecule has 2 heterocycles. The van der Waals surface area contributed by atoms with E-state index in [1.165, 1.54) is 16.9 Å². The van der Waals surface area contributed by atoms with E-state index >= 15 is 0 Å². The molecule has 8 nitrogen and oxygen atoms in total. The number of aliphatic hydroxyl groups is 1. The molecule has 0 radical (unpaired) electrons. The van der Waals surface area contributed by atoms with Crippen molar-refractivity contribution in [1.82, 2.24) is 25.6 Å². The third-order valence-electron chi connectivity index (χ3n) is 5.54. The Morgan fingerprint density at radius 3 is 2.96 bits per heavy atom. The molecular weight excluding hydrogens is 363 g/mol. The predicted octanol–water partition coefficient (Wildman–Crippen LogP) is 0.590. The molecule has 4 atom stereocenters. The molecule has 1 saturated carbocycles. The minimum absolute atomic E-state index is 0.0778. The Balaban J connectivity index is 1.42. The Morgan fingerprint density at radius 2 is 2.36 bits per heavy atom. The van der Waals surface area contributed by atoms with E-state index < -0.39 is 11.9 Å². The van der Waals surface area contributed by atoms with Crippen LogP contribution in [0.3, 0.4) is 0 Å². The standard InChI is InChI=1S/C19H21FN6O2/c20-17-7-16(26-9-15(10-27)24-25-26)4-2-11(17)5-14(8-21)23-19(28)18-12-1-3-13(6-12)22-18/h2,4,7,9,12-14,18,22,27H,1,3,5-6,10H2,(H,23,28). The van der Waals surface area contributed by atoms with Crippen LogP contribution in [0.5, 0.6) is 0 Å². The van der Waals surface area contributed by atoms with Gasteiger partial charge < -0.3 is 15.7 Å². The number of nitrogens with zero attached hydrogens (tertiary/aromatic N) is 4. The maximum Gasteiger partial charge on any atom is 0.238 e. The molecule has 2 fully saturated rings. The second kappa shape index (κ2) is 7.66. The Hall–Kier alpha value is -2.83. The molecule has 1 amide bonds. The second-order valence-electron chi connectivity index (χ2n) is 7.40. The van der Waals surface area contributed by atoms with Crippen molar-refractivity contribution in [2.45, 2.75) is 50.4 Å². The number of aliphatic hydroxyl groups excluding tert-OH is 1. The van der Waals surface area contributed by atoms with E-state index in [1.807, 2.05) is 0 Å². The largest absolute Gasteiger partial charge is 0.390 e. The molecule has 2 bridgehead atoms. The summed E-state index contributed by atoms with van der Waals surface area (Å²) in [6.07, 6.45) is 4.72. The van der Waals surface area contributed by atoms with Crippen LogP contribution in [0.25, 0.3) is 5.69 Å². The van der Waals surface area contributed by atoms with E-state index in [0.717, 1.165) is 19.3 Å². The Bertz CT molecular complexity index is 923. The lowest BCUT2D eigenvalue weighted by Gasteiger charge is -2.23. The van der Waals surface area contributed by atoms with Crippen molar-refractivity contribution in [1.29, 1.82) is 5.26 Å². The van der Waals surface area contributed by atoms with Gasteiger partial charge in [0, 0.05) is 12.5 Å². The molecule has 2 aromatic rings. The maximum atomic E-state index is 14.5. The minimum Gasteiger partial charge on any atom is -0.390 e. The fraction of sp³-hybridized carbons (Fsp3) is 0.474. The number of carbonyl (C=O) groups excluding carboxylic acids is 1. The van der Waals surface area contributed by atoms with Crippen LogP contribution in [0, 0.1) is 23.1 Å². The van der Waals surface area contributed by atoms with Gasteiger partial charge in [-0.2, -0.15) is 5.26 Å². The highest BCUT2D eigenvalue weighted by molar-refractivity contribution is 5.83. The zero-order chi connectivity index (χ0) is 19.7. The number of nitrogens with one attached hydrogen (secondary N) is 2. The molecule has 3 N–H and O–H groups in total. The van der Waals surface area contributed by atoms with E-state index in [1.54, 1.807) is 12.1 Å². The summed E-state index contributed by atoms with van der Waals surface area (Å²) >= 11 is 0. The van der Waals surface area contributed by atoms with Gasteiger partial charge in [0.2, 0.25) is 5.91 Å². The van der Waals surface area contributed by atoms with Crippen LogP contribution in [0.15, 0.2) is 24.4 Å². The Labute approximate surface area is 161 Å². The van der Waals surface area contributed by atoms with E-state index in [9.17, 15) is 14.4 Å². The molecule has 2 aliphatic rings. The van der Waals surface area contributed by atoms with Gasteiger partial charge in [-0.1, -0.05) is 11.3 Å². The van der Waals surface area contributed by atoms with Gasteiger partial charge in [0.15, 0.2) is 0 Å². The molecule has 1 saturated heterocycles. The van der Waals surface area contributed by atoms with Crippen LogP contribution in [0.2, 0.25) is 0 Å². The molecule has 4 rings (SSSR count). The van der Waals surface area contributed by atoms with Gasteiger partial charge in [-0.25, -0.2) is 9.07 Å². The van der Waals surface area contributed by atoms with Gasteiger partial charge in [0.1, 0.15) is 17.6 Å². The van der Waals surface area contributed by atoms with Crippen LogP contribution >= 0.6 is 0 Å². The highest BCUT2D eigenvalue weighted by atomic mass is 19.1. The fourth-order valence-corrected chi connectivity index (χ4v) is 4.10. The van der Waals surface area contributed by atoms with Crippen LogP contribution in [-0.4, -0.2) is 44.1 Å². The number of nitriles is 1. The van der Waals surface area contributed by atoms with Crippen molar-refractivity contribution >= 4 is 5.91 Å². The summed E-state index contributed by atoms with van der Waals surface area (Å²) in [5.41, 5.74) is 1.17.